The quantitative estimate of drug-likeness (QED) is 0.569. The number of carbonyl (C=O) groups is 1. The Kier molecular flexibility index (Phi) is 7.80. The van der Waals surface area contributed by atoms with Crippen LogP contribution < -0.4 is 4.74 Å². The third-order valence-corrected chi connectivity index (χ3v) is 5.67. The molecule has 0 unspecified atom stereocenters. The van der Waals surface area contributed by atoms with Gasteiger partial charge in [0.15, 0.2) is 0 Å². The first-order valence-corrected chi connectivity index (χ1v) is 10.5. The van der Waals surface area contributed by atoms with E-state index < -0.39 is 17.6 Å². The van der Waals surface area contributed by atoms with E-state index in [0.29, 0.717) is 24.6 Å². The summed E-state index contributed by atoms with van der Waals surface area (Å²) in [5.41, 5.74) is 1.25. The van der Waals surface area contributed by atoms with Crippen LogP contribution in [-0.4, -0.2) is 29.1 Å². The number of hydrogen-bond acceptors (Lipinski definition) is 3. The lowest BCUT2D eigenvalue weighted by atomic mass is 10.1. The second kappa shape index (κ2) is 10.5. The van der Waals surface area contributed by atoms with Gasteiger partial charge in [-0.05, 0) is 55.0 Å². The van der Waals surface area contributed by atoms with Crippen LogP contribution in [-0.2, 0) is 17.9 Å². The number of aryl methyl sites for hydroxylation is 1. The number of carboxylic acid groups (broad SMARTS) is 1. The lowest BCUT2D eigenvalue weighted by Gasteiger charge is -2.23. The molecule has 1 saturated carbocycles. The van der Waals surface area contributed by atoms with Crippen LogP contribution in [0.3, 0.4) is 0 Å². The highest BCUT2D eigenvalue weighted by Crippen LogP contribution is 2.26. The molecular weight excluding hydrogens is 388 g/mol. The van der Waals surface area contributed by atoms with Crippen molar-refractivity contribution in [3.8, 4) is 5.75 Å². The first-order chi connectivity index (χ1) is 14.4. The summed E-state index contributed by atoms with van der Waals surface area (Å²) in [6, 6.07) is 10.3. The Morgan fingerprint density at radius 2 is 1.93 bits per heavy atom. The van der Waals surface area contributed by atoms with E-state index in [1.54, 1.807) is 11.8 Å². The minimum absolute atomic E-state index is 0.000213. The lowest BCUT2D eigenvalue weighted by Crippen LogP contribution is -2.27. The SMILES string of the molecule is Cc1ccc(F)c(CN(CCC(=O)O)Cc2cccc(OCC3CCCC3)c2)c1F. The standard InChI is InChI=1S/C24H29F2NO3/c1-17-9-10-22(25)21(24(17)26)15-27(12-11-23(28)29)14-19-7-4-8-20(13-19)30-16-18-5-2-3-6-18/h4,7-10,13,18H,2-3,5-6,11-12,14-16H2,1H3,(H,28,29). The minimum atomic E-state index is -0.946. The highest BCUT2D eigenvalue weighted by Gasteiger charge is 2.18. The second-order valence-electron chi connectivity index (χ2n) is 8.12. The molecule has 2 aromatic rings. The van der Waals surface area contributed by atoms with Gasteiger partial charge in [-0.15, -0.1) is 0 Å². The summed E-state index contributed by atoms with van der Waals surface area (Å²) in [4.78, 5) is 12.8. The third-order valence-electron chi connectivity index (χ3n) is 5.67. The van der Waals surface area contributed by atoms with Gasteiger partial charge in [0.1, 0.15) is 17.4 Å². The van der Waals surface area contributed by atoms with Crippen molar-refractivity contribution in [1.29, 1.82) is 0 Å². The van der Waals surface area contributed by atoms with Crippen LogP contribution in [0.5, 0.6) is 5.75 Å². The maximum atomic E-state index is 14.5. The van der Waals surface area contributed by atoms with E-state index in [1.807, 2.05) is 24.3 Å². The zero-order valence-corrected chi connectivity index (χ0v) is 17.4. The van der Waals surface area contributed by atoms with Gasteiger partial charge in [0.05, 0.1) is 13.0 Å². The van der Waals surface area contributed by atoms with Gasteiger partial charge in [0.25, 0.3) is 0 Å². The largest absolute Gasteiger partial charge is 0.493 e. The molecule has 0 saturated heterocycles. The summed E-state index contributed by atoms with van der Waals surface area (Å²) in [6.07, 6.45) is 4.83. The Balaban J connectivity index is 1.70. The molecule has 6 heteroatoms. The molecule has 162 valence electrons. The molecule has 0 heterocycles. The topological polar surface area (TPSA) is 49.8 Å². The van der Waals surface area contributed by atoms with Crippen molar-refractivity contribution in [2.75, 3.05) is 13.2 Å². The highest BCUT2D eigenvalue weighted by atomic mass is 19.1. The number of nitrogens with zero attached hydrogens (tertiary/aromatic N) is 1. The molecule has 0 aliphatic heterocycles. The zero-order valence-electron chi connectivity index (χ0n) is 17.4. The first kappa shape index (κ1) is 22.2. The average Bonchev–Trinajstić information content (AvgIpc) is 3.24. The van der Waals surface area contributed by atoms with Crippen molar-refractivity contribution in [2.24, 2.45) is 5.92 Å². The predicted octanol–water partition coefficient (Wildman–Crippen LogP) is 5.32. The van der Waals surface area contributed by atoms with Crippen molar-refractivity contribution in [3.05, 3.63) is 64.7 Å². The van der Waals surface area contributed by atoms with Crippen molar-refractivity contribution >= 4 is 5.97 Å². The van der Waals surface area contributed by atoms with E-state index >= 15 is 0 Å². The normalized spacial score (nSPS) is 14.4. The van der Waals surface area contributed by atoms with Gasteiger partial charge in [-0.1, -0.05) is 31.0 Å². The molecule has 0 aromatic heterocycles. The van der Waals surface area contributed by atoms with E-state index in [-0.39, 0.29) is 25.1 Å². The summed E-state index contributed by atoms with van der Waals surface area (Å²) in [5, 5.41) is 9.07. The summed E-state index contributed by atoms with van der Waals surface area (Å²) < 4.78 is 34.7. The third kappa shape index (κ3) is 6.26. The molecule has 0 spiro atoms. The molecule has 1 aliphatic carbocycles. The molecule has 30 heavy (non-hydrogen) atoms. The summed E-state index contributed by atoms with van der Waals surface area (Å²) in [7, 11) is 0. The lowest BCUT2D eigenvalue weighted by molar-refractivity contribution is -0.137. The van der Waals surface area contributed by atoms with Gasteiger partial charge < -0.3 is 9.84 Å². The van der Waals surface area contributed by atoms with Crippen molar-refractivity contribution in [1.82, 2.24) is 4.90 Å². The van der Waals surface area contributed by atoms with Crippen LogP contribution in [0.2, 0.25) is 0 Å². The predicted molar refractivity (Wildman–Crippen MR) is 111 cm³/mol. The number of aliphatic carboxylic acids is 1. The van der Waals surface area contributed by atoms with Gasteiger partial charge in [-0.3, -0.25) is 9.69 Å². The van der Waals surface area contributed by atoms with Crippen LogP contribution in [0.1, 0.15) is 48.8 Å². The molecule has 0 amide bonds. The van der Waals surface area contributed by atoms with E-state index in [4.69, 9.17) is 9.84 Å². The van der Waals surface area contributed by atoms with E-state index in [1.165, 1.54) is 37.8 Å². The molecule has 1 aliphatic rings. The number of benzene rings is 2. The Bertz CT molecular complexity index is 866. The molecular formula is C24H29F2NO3. The van der Waals surface area contributed by atoms with Crippen LogP contribution in [0.25, 0.3) is 0 Å². The van der Waals surface area contributed by atoms with Gasteiger partial charge in [0, 0.05) is 25.2 Å². The fourth-order valence-corrected chi connectivity index (χ4v) is 3.93. The van der Waals surface area contributed by atoms with Crippen LogP contribution in [0.15, 0.2) is 36.4 Å². The monoisotopic (exact) mass is 417 g/mol. The van der Waals surface area contributed by atoms with Crippen molar-refractivity contribution in [2.45, 2.75) is 52.1 Å². The van der Waals surface area contributed by atoms with Crippen LogP contribution >= 0.6 is 0 Å². The fourth-order valence-electron chi connectivity index (χ4n) is 3.93. The van der Waals surface area contributed by atoms with Gasteiger partial charge in [-0.2, -0.15) is 0 Å². The Hall–Kier alpha value is -2.47. The van der Waals surface area contributed by atoms with Gasteiger partial charge >= 0.3 is 5.97 Å². The molecule has 1 N–H and O–H groups in total. The Morgan fingerprint density at radius 1 is 1.17 bits per heavy atom. The molecule has 4 nitrogen and oxygen atoms in total. The van der Waals surface area contributed by atoms with E-state index in [9.17, 15) is 13.6 Å². The van der Waals surface area contributed by atoms with E-state index in [2.05, 4.69) is 0 Å². The van der Waals surface area contributed by atoms with Crippen LogP contribution in [0, 0.1) is 24.5 Å². The maximum absolute atomic E-state index is 14.5. The van der Waals surface area contributed by atoms with Gasteiger partial charge in [0.2, 0.25) is 0 Å². The van der Waals surface area contributed by atoms with Crippen molar-refractivity contribution in [3.63, 3.8) is 0 Å². The average molecular weight is 417 g/mol. The Labute approximate surface area is 176 Å². The summed E-state index contributed by atoms with van der Waals surface area (Å²) >= 11 is 0. The first-order valence-electron chi connectivity index (χ1n) is 10.5. The number of carboxylic acids is 1. The number of rotatable bonds is 10. The van der Waals surface area contributed by atoms with Crippen LogP contribution in [0.4, 0.5) is 8.78 Å². The maximum Gasteiger partial charge on any atom is 0.304 e. The number of halogens is 2. The second-order valence-corrected chi connectivity index (χ2v) is 8.12. The van der Waals surface area contributed by atoms with Crippen molar-refractivity contribution < 1.29 is 23.4 Å². The molecule has 0 atom stereocenters. The van der Waals surface area contributed by atoms with Gasteiger partial charge in [-0.25, -0.2) is 8.78 Å². The smallest absolute Gasteiger partial charge is 0.304 e. The minimum Gasteiger partial charge on any atom is -0.493 e. The summed E-state index contributed by atoms with van der Waals surface area (Å²) in [6.45, 7) is 2.85. The fraction of sp³-hybridized carbons (Fsp3) is 0.458. The number of ether oxygens (including phenoxy) is 1. The Morgan fingerprint density at radius 3 is 2.67 bits per heavy atom. The highest BCUT2D eigenvalue weighted by molar-refractivity contribution is 5.66. The molecule has 2 aromatic carbocycles. The van der Waals surface area contributed by atoms with E-state index in [0.717, 1.165) is 11.3 Å². The zero-order chi connectivity index (χ0) is 21.5. The molecule has 0 radical (unpaired) electrons. The summed E-state index contributed by atoms with van der Waals surface area (Å²) in [5.74, 6) is -0.770. The number of hydrogen-bond donors (Lipinski definition) is 1. The molecule has 3 rings (SSSR count). The molecule has 1 fully saturated rings. The molecule has 0 bridgehead atoms.